The van der Waals surface area contributed by atoms with Gasteiger partial charge in [0.2, 0.25) is 11.2 Å². The summed E-state index contributed by atoms with van der Waals surface area (Å²) in [4.78, 5) is 15.2. The SMILES string of the molecule is COCCN1COc2ccc3c(=O)c(-c4ccc(OC)c(OC)c4)c(C(F)(F)F)oc3c2C1. The lowest BCUT2D eigenvalue weighted by atomic mass is 9.99. The molecular formula is C23H22F3NO6. The minimum absolute atomic E-state index is 0.00585. The molecule has 0 amide bonds. The molecule has 0 atom stereocenters. The van der Waals surface area contributed by atoms with Crippen LogP contribution in [-0.4, -0.2) is 46.1 Å². The first kappa shape index (κ1) is 22.9. The van der Waals surface area contributed by atoms with Crippen LogP contribution in [0.1, 0.15) is 11.3 Å². The number of hydrogen-bond acceptors (Lipinski definition) is 7. The van der Waals surface area contributed by atoms with Crippen LogP contribution >= 0.6 is 0 Å². The van der Waals surface area contributed by atoms with Gasteiger partial charge in [0.1, 0.15) is 18.1 Å². The molecule has 176 valence electrons. The largest absolute Gasteiger partial charge is 0.493 e. The zero-order chi connectivity index (χ0) is 23.8. The van der Waals surface area contributed by atoms with E-state index in [1.807, 2.05) is 4.90 Å². The van der Waals surface area contributed by atoms with Gasteiger partial charge in [-0.1, -0.05) is 6.07 Å². The number of ether oxygens (including phenoxy) is 4. The number of nitrogens with zero attached hydrogens (tertiary/aromatic N) is 1. The van der Waals surface area contributed by atoms with Crippen molar-refractivity contribution >= 4 is 11.0 Å². The highest BCUT2D eigenvalue weighted by Crippen LogP contribution is 2.41. The molecule has 10 heteroatoms. The van der Waals surface area contributed by atoms with Gasteiger partial charge in [-0.3, -0.25) is 9.69 Å². The molecule has 2 aromatic carbocycles. The number of alkyl halides is 3. The van der Waals surface area contributed by atoms with E-state index in [1.165, 1.54) is 38.5 Å². The van der Waals surface area contributed by atoms with Gasteiger partial charge in [0, 0.05) is 20.2 Å². The van der Waals surface area contributed by atoms with E-state index in [-0.39, 0.29) is 35.6 Å². The first-order valence-electron chi connectivity index (χ1n) is 10.0. The number of benzene rings is 2. The fourth-order valence-electron chi connectivity index (χ4n) is 3.83. The summed E-state index contributed by atoms with van der Waals surface area (Å²) in [6.07, 6.45) is -4.91. The quantitative estimate of drug-likeness (QED) is 0.538. The third-order valence-electron chi connectivity index (χ3n) is 5.45. The maximum absolute atomic E-state index is 14.1. The van der Waals surface area contributed by atoms with Crippen LogP contribution in [-0.2, 0) is 17.5 Å². The summed E-state index contributed by atoms with van der Waals surface area (Å²) in [5.41, 5.74) is -1.14. The lowest BCUT2D eigenvalue weighted by Crippen LogP contribution is -2.34. The minimum Gasteiger partial charge on any atom is -0.493 e. The smallest absolute Gasteiger partial charge is 0.450 e. The topological polar surface area (TPSA) is 70.4 Å². The van der Waals surface area contributed by atoms with Gasteiger partial charge < -0.3 is 23.4 Å². The van der Waals surface area contributed by atoms with E-state index in [2.05, 4.69) is 0 Å². The predicted molar refractivity (Wildman–Crippen MR) is 114 cm³/mol. The van der Waals surface area contributed by atoms with E-state index >= 15 is 0 Å². The molecule has 0 radical (unpaired) electrons. The van der Waals surface area contributed by atoms with Crippen LogP contribution in [0.5, 0.6) is 17.2 Å². The van der Waals surface area contributed by atoms with E-state index in [0.717, 1.165) is 0 Å². The van der Waals surface area contributed by atoms with Gasteiger partial charge in [-0.15, -0.1) is 0 Å². The van der Waals surface area contributed by atoms with Gasteiger partial charge >= 0.3 is 6.18 Å². The normalized spacial score (nSPS) is 14.1. The average Bonchev–Trinajstić information content (AvgIpc) is 2.81. The molecule has 1 aliphatic rings. The van der Waals surface area contributed by atoms with Crippen molar-refractivity contribution in [2.75, 3.05) is 41.2 Å². The summed E-state index contributed by atoms with van der Waals surface area (Å²) in [6.45, 7) is 1.44. The Morgan fingerprint density at radius 2 is 1.82 bits per heavy atom. The number of fused-ring (bicyclic) bond motifs is 3. The van der Waals surface area contributed by atoms with Crippen molar-refractivity contribution < 1.29 is 36.5 Å². The Morgan fingerprint density at radius 3 is 2.48 bits per heavy atom. The molecule has 0 N–H and O–H groups in total. The summed E-state index contributed by atoms with van der Waals surface area (Å²) >= 11 is 0. The summed E-state index contributed by atoms with van der Waals surface area (Å²) in [7, 11) is 4.32. The third kappa shape index (κ3) is 4.23. The van der Waals surface area contributed by atoms with Crippen molar-refractivity contribution in [1.82, 2.24) is 4.90 Å². The number of methoxy groups -OCH3 is 3. The van der Waals surface area contributed by atoms with Gasteiger partial charge in [0.05, 0.1) is 37.3 Å². The van der Waals surface area contributed by atoms with Gasteiger partial charge in [-0.05, 0) is 29.8 Å². The molecule has 4 rings (SSSR count). The van der Waals surface area contributed by atoms with Gasteiger partial charge in [-0.2, -0.15) is 13.2 Å². The van der Waals surface area contributed by atoms with E-state index in [0.29, 0.717) is 30.2 Å². The highest BCUT2D eigenvalue weighted by atomic mass is 19.4. The molecule has 2 heterocycles. The van der Waals surface area contributed by atoms with Gasteiger partial charge in [0.25, 0.3) is 0 Å². The summed E-state index contributed by atoms with van der Waals surface area (Å²) in [5.74, 6) is -0.487. The zero-order valence-corrected chi connectivity index (χ0v) is 18.2. The molecule has 0 saturated heterocycles. The number of hydrogen-bond donors (Lipinski definition) is 0. The Balaban J connectivity index is 1.95. The van der Waals surface area contributed by atoms with Crippen molar-refractivity contribution in [1.29, 1.82) is 0 Å². The summed E-state index contributed by atoms with van der Waals surface area (Å²) < 4.78 is 68.8. The Morgan fingerprint density at radius 1 is 1.06 bits per heavy atom. The monoisotopic (exact) mass is 465 g/mol. The van der Waals surface area contributed by atoms with Crippen LogP contribution < -0.4 is 19.6 Å². The third-order valence-corrected chi connectivity index (χ3v) is 5.45. The Bertz CT molecular complexity index is 1240. The standard InChI is InChI=1S/C23H22F3NO6/c1-29-9-8-27-11-15-16(32-12-27)7-5-14-20(28)19(22(23(24,25)26)33-21(14)15)13-4-6-17(30-2)18(10-13)31-3/h4-7,10H,8-9,11-12H2,1-3H3. The molecule has 3 aromatic rings. The molecule has 0 bridgehead atoms. The van der Waals surface area contributed by atoms with E-state index in [4.69, 9.17) is 23.4 Å². The second-order valence-electron chi connectivity index (χ2n) is 7.44. The van der Waals surface area contributed by atoms with Crippen molar-refractivity contribution in [3.05, 3.63) is 51.9 Å². The Hall–Kier alpha value is -3.24. The number of rotatable bonds is 6. The highest BCUT2D eigenvalue weighted by molar-refractivity contribution is 5.87. The van der Waals surface area contributed by atoms with Crippen molar-refractivity contribution in [2.24, 2.45) is 0 Å². The Kier molecular flexibility index (Phi) is 6.22. The van der Waals surface area contributed by atoms with Crippen molar-refractivity contribution in [3.63, 3.8) is 0 Å². The highest BCUT2D eigenvalue weighted by Gasteiger charge is 2.40. The molecule has 0 aliphatic carbocycles. The maximum atomic E-state index is 14.1. The molecule has 33 heavy (non-hydrogen) atoms. The lowest BCUT2D eigenvalue weighted by molar-refractivity contribution is -0.152. The second-order valence-corrected chi connectivity index (χ2v) is 7.44. The Labute approximate surface area is 187 Å². The second kappa shape index (κ2) is 8.95. The van der Waals surface area contributed by atoms with Crippen molar-refractivity contribution in [3.8, 4) is 28.4 Å². The van der Waals surface area contributed by atoms with E-state index in [9.17, 15) is 18.0 Å². The van der Waals surface area contributed by atoms with Crippen LogP contribution in [0.3, 0.4) is 0 Å². The van der Waals surface area contributed by atoms with Crippen molar-refractivity contribution in [2.45, 2.75) is 12.7 Å². The van der Waals surface area contributed by atoms with E-state index in [1.54, 1.807) is 13.2 Å². The number of halogens is 3. The van der Waals surface area contributed by atoms with Gasteiger partial charge in [-0.25, -0.2) is 0 Å². The molecule has 7 nitrogen and oxygen atoms in total. The first-order chi connectivity index (χ1) is 15.8. The molecular weight excluding hydrogens is 443 g/mol. The van der Waals surface area contributed by atoms with Crippen LogP contribution in [0.2, 0.25) is 0 Å². The van der Waals surface area contributed by atoms with Crippen LogP contribution in [0, 0.1) is 0 Å². The lowest BCUT2D eigenvalue weighted by Gasteiger charge is -2.29. The van der Waals surface area contributed by atoms with Crippen LogP contribution in [0.25, 0.3) is 22.1 Å². The van der Waals surface area contributed by atoms with Crippen LogP contribution in [0.4, 0.5) is 13.2 Å². The van der Waals surface area contributed by atoms with Crippen LogP contribution in [0.15, 0.2) is 39.5 Å². The molecule has 0 saturated carbocycles. The zero-order valence-electron chi connectivity index (χ0n) is 18.2. The fraction of sp³-hybridized carbons (Fsp3) is 0.348. The van der Waals surface area contributed by atoms with E-state index < -0.39 is 22.9 Å². The predicted octanol–water partition coefficient (Wildman–Crippen LogP) is 4.29. The maximum Gasteiger partial charge on any atom is 0.450 e. The summed E-state index contributed by atoms with van der Waals surface area (Å²) in [6, 6.07) is 7.12. The average molecular weight is 465 g/mol. The fourth-order valence-corrected chi connectivity index (χ4v) is 3.83. The molecule has 1 aliphatic heterocycles. The molecule has 0 unspecified atom stereocenters. The first-order valence-corrected chi connectivity index (χ1v) is 10.0. The molecule has 1 aromatic heterocycles. The summed E-state index contributed by atoms with van der Waals surface area (Å²) in [5, 5.41) is 0.0312. The molecule has 0 spiro atoms. The van der Waals surface area contributed by atoms with Gasteiger partial charge in [0.15, 0.2) is 11.5 Å². The minimum atomic E-state index is -4.91. The molecule has 0 fully saturated rings.